The average Bonchev–Trinajstić information content (AvgIpc) is 3.04. The SMILES string of the molecule is C[C@@H]1[C@@H](O)[C@H](O[C@H]2O[C@H]([C@H](C)N(Cc3ccccc3)C(=O)OCc3ccccc3)CC[C@H]2N=[N+]=[N-])[C@@H](N=[N+]=[N-])C[C@H]1N=[N+]=[N-]. The van der Waals surface area contributed by atoms with Crippen molar-refractivity contribution in [2.75, 3.05) is 0 Å². The van der Waals surface area contributed by atoms with Gasteiger partial charge in [-0.1, -0.05) is 82.9 Å². The molecule has 0 spiro atoms. The smallest absolute Gasteiger partial charge is 0.410 e. The second-order valence-electron chi connectivity index (χ2n) is 11.0. The van der Waals surface area contributed by atoms with Gasteiger partial charge in [-0.3, -0.25) is 4.90 Å². The summed E-state index contributed by atoms with van der Waals surface area (Å²) in [6.45, 7) is 3.93. The second kappa shape index (κ2) is 15.8. The van der Waals surface area contributed by atoms with Crippen molar-refractivity contribution in [1.82, 2.24) is 4.90 Å². The van der Waals surface area contributed by atoms with Crippen LogP contribution >= 0.6 is 0 Å². The Balaban J connectivity index is 1.55. The van der Waals surface area contributed by atoms with Crippen molar-refractivity contribution in [3.63, 3.8) is 0 Å². The first-order valence-electron chi connectivity index (χ1n) is 14.5. The largest absolute Gasteiger partial charge is 0.445 e. The maximum atomic E-state index is 13.5. The van der Waals surface area contributed by atoms with Gasteiger partial charge in [-0.05, 0) is 59.8 Å². The highest BCUT2D eigenvalue weighted by Gasteiger charge is 2.46. The van der Waals surface area contributed by atoms with Crippen molar-refractivity contribution >= 4 is 6.09 Å². The molecule has 44 heavy (non-hydrogen) atoms. The lowest BCUT2D eigenvalue weighted by Crippen LogP contribution is -2.56. The van der Waals surface area contributed by atoms with Gasteiger partial charge in [0.05, 0.1) is 36.4 Å². The van der Waals surface area contributed by atoms with Gasteiger partial charge in [-0.2, -0.15) is 0 Å². The highest BCUT2D eigenvalue weighted by atomic mass is 16.7. The molecular weight excluding hydrogens is 568 g/mol. The van der Waals surface area contributed by atoms with Crippen LogP contribution in [0.15, 0.2) is 76.0 Å². The van der Waals surface area contributed by atoms with Gasteiger partial charge in [0.2, 0.25) is 0 Å². The fourth-order valence-electron chi connectivity index (χ4n) is 5.69. The first-order valence-corrected chi connectivity index (χ1v) is 14.5. The molecule has 0 aromatic heterocycles. The highest BCUT2D eigenvalue weighted by molar-refractivity contribution is 5.68. The number of hydrogen-bond acceptors (Lipinski definition) is 8. The minimum Gasteiger partial charge on any atom is -0.445 e. The van der Waals surface area contributed by atoms with Crippen LogP contribution in [0.1, 0.15) is 44.2 Å². The Kier molecular flexibility index (Phi) is 11.7. The molecule has 0 unspecified atom stereocenters. The van der Waals surface area contributed by atoms with Crippen LogP contribution in [-0.2, 0) is 27.4 Å². The lowest BCUT2D eigenvalue weighted by molar-refractivity contribution is -0.255. The Hall–Kier alpha value is -4.48. The van der Waals surface area contributed by atoms with Crippen LogP contribution in [-0.4, -0.2) is 64.9 Å². The molecule has 232 valence electrons. The summed E-state index contributed by atoms with van der Waals surface area (Å²) in [5, 5.41) is 22.5. The van der Waals surface area contributed by atoms with Crippen molar-refractivity contribution < 1.29 is 24.1 Å². The molecule has 15 heteroatoms. The van der Waals surface area contributed by atoms with Crippen LogP contribution in [0.5, 0.6) is 0 Å². The Morgan fingerprint density at radius 2 is 1.55 bits per heavy atom. The molecule has 15 nitrogen and oxygen atoms in total. The van der Waals surface area contributed by atoms with Gasteiger partial charge in [0.25, 0.3) is 0 Å². The summed E-state index contributed by atoms with van der Waals surface area (Å²) in [5.74, 6) is -0.502. The van der Waals surface area contributed by atoms with E-state index in [0.29, 0.717) is 12.8 Å². The van der Waals surface area contributed by atoms with Gasteiger partial charge in [0.15, 0.2) is 6.29 Å². The Morgan fingerprint density at radius 1 is 0.955 bits per heavy atom. The second-order valence-corrected chi connectivity index (χ2v) is 11.0. The lowest BCUT2D eigenvalue weighted by Gasteiger charge is -2.45. The standard InChI is InChI=1S/C29H36N10O5/c1-18-23(34-37-31)15-24(35-38-32)27(26(18)40)44-28-22(33-36-30)13-14-25(43-28)19(2)39(16-20-9-5-3-6-10-20)29(41)42-17-21-11-7-4-8-12-21/h3-12,18-19,22-28,40H,13-17H2,1-2H3/t18-,19-,22+,23+,24-,25-,26+,27+,28+/m0/s1. The molecule has 9 atom stereocenters. The van der Waals surface area contributed by atoms with Gasteiger partial charge in [0, 0.05) is 27.3 Å². The van der Waals surface area contributed by atoms with E-state index in [4.69, 9.17) is 19.7 Å². The van der Waals surface area contributed by atoms with E-state index in [2.05, 4.69) is 30.1 Å². The summed E-state index contributed by atoms with van der Waals surface area (Å²) in [6, 6.07) is 16.2. The van der Waals surface area contributed by atoms with Crippen LogP contribution in [0.2, 0.25) is 0 Å². The topological polar surface area (TPSA) is 215 Å². The van der Waals surface area contributed by atoms with Gasteiger partial charge >= 0.3 is 6.09 Å². The van der Waals surface area contributed by atoms with E-state index < -0.39 is 60.8 Å². The van der Waals surface area contributed by atoms with Crippen molar-refractivity contribution in [1.29, 1.82) is 0 Å². The molecule has 2 aliphatic rings. The number of aliphatic hydroxyl groups is 1. The monoisotopic (exact) mass is 604 g/mol. The summed E-state index contributed by atoms with van der Waals surface area (Å²) in [4.78, 5) is 23.8. The highest BCUT2D eigenvalue weighted by Crippen LogP contribution is 2.35. The van der Waals surface area contributed by atoms with Crippen molar-refractivity contribution in [3.05, 3.63) is 103 Å². The van der Waals surface area contributed by atoms with E-state index >= 15 is 0 Å². The van der Waals surface area contributed by atoms with Crippen LogP contribution in [0.3, 0.4) is 0 Å². The number of benzene rings is 2. The number of rotatable bonds is 11. The molecule has 1 saturated carbocycles. The summed E-state index contributed by atoms with van der Waals surface area (Å²) < 4.78 is 18.3. The number of nitrogens with zero attached hydrogens (tertiary/aromatic N) is 10. The third-order valence-electron chi connectivity index (χ3n) is 8.27. The zero-order valence-electron chi connectivity index (χ0n) is 24.6. The minimum atomic E-state index is -1.16. The van der Waals surface area contributed by atoms with Crippen LogP contribution in [0.25, 0.3) is 31.3 Å². The minimum absolute atomic E-state index is 0.100. The number of aliphatic hydroxyl groups excluding tert-OH is 1. The predicted octanol–water partition coefficient (Wildman–Crippen LogP) is 6.54. The summed E-state index contributed by atoms with van der Waals surface area (Å²) >= 11 is 0. The molecule has 1 aliphatic carbocycles. The van der Waals surface area contributed by atoms with E-state index in [-0.39, 0.29) is 19.6 Å². The maximum absolute atomic E-state index is 13.5. The van der Waals surface area contributed by atoms with Crippen LogP contribution in [0.4, 0.5) is 4.79 Å². The molecule has 0 bridgehead atoms. The zero-order chi connectivity index (χ0) is 31.5. The number of carbonyl (C=O) groups excluding carboxylic acids is 1. The average molecular weight is 605 g/mol. The van der Waals surface area contributed by atoms with Crippen LogP contribution in [0, 0.1) is 5.92 Å². The molecular formula is C29H36N10O5. The van der Waals surface area contributed by atoms with Gasteiger partial charge in [-0.25, -0.2) is 4.79 Å². The van der Waals surface area contributed by atoms with E-state index in [0.717, 1.165) is 11.1 Å². The van der Waals surface area contributed by atoms with Gasteiger partial charge < -0.3 is 19.3 Å². The fraction of sp³-hybridized carbons (Fsp3) is 0.552. The quantitative estimate of drug-likeness (QED) is 0.171. The first-order chi connectivity index (χ1) is 21.4. The van der Waals surface area contributed by atoms with Gasteiger partial charge in [0.1, 0.15) is 6.61 Å². The zero-order valence-corrected chi connectivity index (χ0v) is 24.6. The number of azide groups is 3. The third kappa shape index (κ3) is 8.12. The molecule has 2 fully saturated rings. The first kappa shape index (κ1) is 32.4. The predicted molar refractivity (Wildman–Crippen MR) is 159 cm³/mol. The lowest BCUT2D eigenvalue weighted by atomic mass is 9.79. The van der Waals surface area contributed by atoms with Crippen molar-refractivity contribution in [2.45, 2.75) is 95.0 Å². The Labute approximate surface area is 254 Å². The number of amides is 1. The maximum Gasteiger partial charge on any atom is 0.410 e. The molecule has 1 N–H and O–H groups in total. The number of hydrogen-bond donors (Lipinski definition) is 1. The molecule has 1 amide bonds. The molecule has 1 aliphatic heterocycles. The summed E-state index contributed by atoms with van der Waals surface area (Å²) in [7, 11) is 0. The number of ether oxygens (including phenoxy) is 3. The molecule has 2 aromatic carbocycles. The molecule has 1 heterocycles. The molecule has 0 radical (unpaired) electrons. The molecule has 4 rings (SSSR count). The third-order valence-corrected chi connectivity index (χ3v) is 8.27. The Morgan fingerprint density at radius 3 is 2.18 bits per heavy atom. The van der Waals surface area contributed by atoms with Gasteiger partial charge in [-0.15, -0.1) is 0 Å². The normalized spacial score (nSPS) is 28.7. The molecule has 2 aromatic rings. The molecule has 1 saturated heterocycles. The van der Waals surface area contributed by atoms with E-state index in [9.17, 15) is 21.0 Å². The van der Waals surface area contributed by atoms with E-state index in [1.807, 2.05) is 67.6 Å². The number of carbonyl (C=O) groups is 1. The summed E-state index contributed by atoms with van der Waals surface area (Å²) in [6.07, 6.45) is -3.36. The summed E-state index contributed by atoms with van der Waals surface area (Å²) in [5.41, 5.74) is 29.1. The van der Waals surface area contributed by atoms with E-state index in [1.165, 1.54) is 0 Å². The van der Waals surface area contributed by atoms with Crippen molar-refractivity contribution in [3.8, 4) is 0 Å². The Bertz CT molecular complexity index is 1380. The van der Waals surface area contributed by atoms with Crippen molar-refractivity contribution in [2.24, 2.45) is 21.3 Å². The van der Waals surface area contributed by atoms with E-state index in [1.54, 1.807) is 11.8 Å². The fourth-order valence-corrected chi connectivity index (χ4v) is 5.69. The van der Waals surface area contributed by atoms with Crippen LogP contribution < -0.4 is 0 Å².